The second-order valence-corrected chi connectivity index (χ2v) is 6.71. The Labute approximate surface area is 160 Å². The van der Waals surface area contributed by atoms with E-state index in [1.165, 1.54) is 19.3 Å². The van der Waals surface area contributed by atoms with Gasteiger partial charge in [0.1, 0.15) is 17.3 Å². The first kappa shape index (κ1) is 19.0. The molecule has 1 atom stereocenters. The van der Waals surface area contributed by atoms with E-state index in [-0.39, 0.29) is 5.91 Å². The summed E-state index contributed by atoms with van der Waals surface area (Å²) in [7, 11) is 3.11. The molecule has 3 rings (SSSR count). The van der Waals surface area contributed by atoms with Crippen LogP contribution in [0.1, 0.15) is 43.0 Å². The van der Waals surface area contributed by atoms with Crippen LogP contribution in [0.3, 0.4) is 0 Å². The minimum atomic E-state index is -0.253. The van der Waals surface area contributed by atoms with Gasteiger partial charge < -0.3 is 19.7 Å². The van der Waals surface area contributed by atoms with Gasteiger partial charge in [0.2, 0.25) is 0 Å². The fraction of sp³-hybridized carbons (Fsp3) is 0.429. The van der Waals surface area contributed by atoms with Crippen LogP contribution in [0.25, 0.3) is 0 Å². The molecule has 2 heterocycles. The largest absolute Gasteiger partial charge is 0.497 e. The third kappa shape index (κ3) is 4.51. The summed E-state index contributed by atoms with van der Waals surface area (Å²) in [5.41, 5.74) is 1.57. The average Bonchev–Trinajstić information content (AvgIpc) is 2.73. The van der Waals surface area contributed by atoms with Gasteiger partial charge >= 0.3 is 0 Å². The van der Waals surface area contributed by atoms with Crippen molar-refractivity contribution in [3.63, 3.8) is 0 Å². The van der Waals surface area contributed by atoms with Crippen molar-refractivity contribution < 1.29 is 14.3 Å². The summed E-state index contributed by atoms with van der Waals surface area (Å²) >= 11 is 0. The Balaban J connectivity index is 1.72. The lowest BCUT2D eigenvalue weighted by Crippen LogP contribution is -2.39. The van der Waals surface area contributed by atoms with E-state index in [1.54, 1.807) is 32.4 Å². The van der Waals surface area contributed by atoms with E-state index in [0.29, 0.717) is 28.9 Å². The average molecular weight is 369 g/mol. The molecular formula is C21H27N3O3. The summed E-state index contributed by atoms with van der Waals surface area (Å²) in [6.45, 7) is 3.29. The number of ether oxygens (including phenoxy) is 2. The molecule has 27 heavy (non-hydrogen) atoms. The third-order valence-electron chi connectivity index (χ3n) is 5.03. The van der Waals surface area contributed by atoms with Crippen LogP contribution in [0.5, 0.6) is 11.5 Å². The molecule has 0 radical (unpaired) electrons. The zero-order valence-electron chi connectivity index (χ0n) is 16.2. The minimum Gasteiger partial charge on any atom is -0.497 e. The molecule has 6 nitrogen and oxygen atoms in total. The highest BCUT2D eigenvalue weighted by Gasteiger charge is 2.21. The van der Waals surface area contributed by atoms with Gasteiger partial charge in [0.15, 0.2) is 0 Å². The first-order chi connectivity index (χ1) is 13.1. The number of methoxy groups -OCH3 is 2. The quantitative estimate of drug-likeness (QED) is 0.830. The number of pyridine rings is 1. The van der Waals surface area contributed by atoms with Crippen LogP contribution in [0.4, 0.5) is 11.5 Å². The van der Waals surface area contributed by atoms with Crippen LogP contribution in [0, 0.1) is 0 Å². The Morgan fingerprint density at radius 3 is 2.52 bits per heavy atom. The summed E-state index contributed by atoms with van der Waals surface area (Å²) in [6, 6.07) is 9.53. The summed E-state index contributed by atoms with van der Waals surface area (Å²) in [5, 5.41) is 2.84. The van der Waals surface area contributed by atoms with Crippen molar-refractivity contribution in [3.8, 4) is 11.5 Å². The summed E-state index contributed by atoms with van der Waals surface area (Å²) < 4.78 is 10.4. The fourth-order valence-electron chi connectivity index (χ4n) is 3.52. The Hall–Kier alpha value is -2.76. The second kappa shape index (κ2) is 8.75. The fourth-order valence-corrected chi connectivity index (χ4v) is 3.52. The molecule has 0 saturated carbocycles. The van der Waals surface area contributed by atoms with E-state index in [4.69, 9.17) is 9.47 Å². The van der Waals surface area contributed by atoms with E-state index in [0.717, 1.165) is 18.7 Å². The van der Waals surface area contributed by atoms with E-state index >= 15 is 0 Å². The number of carbonyl (C=O) groups excluding carboxylic acids is 1. The van der Waals surface area contributed by atoms with Crippen molar-refractivity contribution in [3.05, 3.63) is 42.1 Å². The highest BCUT2D eigenvalue weighted by Crippen LogP contribution is 2.27. The number of rotatable bonds is 6. The summed E-state index contributed by atoms with van der Waals surface area (Å²) in [5.74, 6) is 1.41. The van der Waals surface area contributed by atoms with Crippen LogP contribution < -0.4 is 19.7 Å². The lowest BCUT2D eigenvalue weighted by molar-refractivity contribution is 0.102. The maximum absolute atomic E-state index is 12.6. The molecule has 1 saturated heterocycles. The SMILES string of the molecule is CCC1CCCCN1c1ccc(NC(=O)c2cc(OC)cc(OC)c2)nc1. The Bertz CT molecular complexity index is 754. The van der Waals surface area contributed by atoms with E-state index in [9.17, 15) is 4.79 Å². The molecule has 144 valence electrons. The van der Waals surface area contributed by atoms with Crippen molar-refractivity contribution in [2.45, 2.75) is 38.6 Å². The molecule has 2 aromatic rings. The van der Waals surface area contributed by atoms with Gasteiger partial charge in [-0.05, 0) is 49.9 Å². The number of anilines is 2. The predicted molar refractivity (Wildman–Crippen MR) is 107 cm³/mol. The van der Waals surface area contributed by atoms with Crippen LogP contribution in [0.2, 0.25) is 0 Å². The lowest BCUT2D eigenvalue weighted by atomic mass is 9.99. The summed E-state index contributed by atoms with van der Waals surface area (Å²) in [4.78, 5) is 19.4. The zero-order valence-corrected chi connectivity index (χ0v) is 16.2. The lowest BCUT2D eigenvalue weighted by Gasteiger charge is -2.37. The molecule has 1 aliphatic heterocycles. The van der Waals surface area contributed by atoms with Gasteiger partial charge in [-0.3, -0.25) is 4.79 Å². The molecule has 1 amide bonds. The first-order valence-corrected chi connectivity index (χ1v) is 9.41. The molecule has 1 aliphatic rings. The number of aromatic nitrogens is 1. The van der Waals surface area contributed by atoms with Crippen LogP contribution in [-0.2, 0) is 0 Å². The highest BCUT2D eigenvalue weighted by molar-refractivity contribution is 6.04. The first-order valence-electron chi connectivity index (χ1n) is 9.41. The molecular weight excluding hydrogens is 342 g/mol. The number of benzene rings is 1. The number of piperidine rings is 1. The van der Waals surface area contributed by atoms with Gasteiger partial charge in [-0.25, -0.2) is 4.98 Å². The van der Waals surface area contributed by atoms with Crippen molar-refractivity contribution in [2.24, 2.45) is 0 Å². The van der Waals surface area contributed by atoms with E-state index in [2.05, 4.69) is 22.1 Å². The number of carbonyl (C=O) groups is 1. The standard InChI is InChI=1S/C21H27N3O3/c1-4-16-7-5-6-10-24(16)17-8-9-20(22-14-17)23-21(25)15-11-18(26-2)13-19(12-15)27-3/h8-9,11-14,16H,4-7,10H2,1-3H3,(H,22,23,25). The Morgan fingerprint density at radius 2 is 1.93 bits per heavy atom. The van der Waals surface area contributed by atoms with Gasteiger partial charge in [-0.15, -0.1) is 0 Å². The number of hydrogen-bond acceptors (Lipinski definition) is 5. The normalized spacial score (nSPS) is 16.7. The molecule has 1 aromatic heterocycles. The molecule has 0 aliphatic carbocycles. The highest BCUT2D eigenvalue weighted by atomic mass is 16.5. The molecule has 0 bridgehead atoms. The van der Waals surface area contributed by atoms with Crippen LogP contribution in [0.15, 0.2) is 36.5 Å². The van der Waals surface area contributed by atoms with Crippen molar-refractivity contribution >= 4 is 17.4 Å². The minimum absolute atomic E-state index is 0.253. The van der Waals surface area contributed by atoms with Crippen molar-refractivity contribution in [1.82, 2.24) is 4.98 Å². The van der Waals surface area contributed by atoms with E-state index in [1.807, 2.05) is 18.3 Å². The number of nitrogens with zero attached hydrogens (tertiary/aromatic N) is 2. The van der Waals surface area contributed by atoms with Crippen LogP contribution in [-0.4, -0.2) is 37.7 Å². The molecule has 6 heteroatoms. The smallest absolute Gasteiger partial charge is 0.257 e. The third-order valence-corrected chi connectivity index (χ3v) is 5.03. The topological polar surface area (TPSA) is 63.7 Å². The second-order valence-electron chi connectivity index (χ2n) is 6.71. The van der Waals surface area contributed by atoms with Gasteiger partial charge in [0, 0.05) is 24.2 Å². The molecule has 1 N–H and O–H groups in total. The van der Waals surface area contributed by atoms with Gasteiger partial charge in [0.25, 0.3) is 5.91 Å². The zero-order chi connectivity index (χ0) is 19.2. The molecule has 1 unspecified atom stereocenters. The van der Waals surface area contributed by atoms with E-state index < -0.39 is 0 Å². The molecule has 1 fully saturated rings. The van der Waals surface area contributed by atoms with Crippen LogP contribution >= 0.6 is 0 Å². The molecule has 0 spiro atoms. The monoisotopic (exact) mass is 369 g/mol. The Kier molecular flexibility index (Phi) is 6.16. The van der Waals surface area contributed by atoms with Gasteiger partial charge in [-0.2, -0.15) is 0 Å². The number of hydrogen-bond donors (Lipinski definition) is 1. The maximum Gasteiger partial charge on any atom is 0.257 e. The Morgan fingerprint density at radius 1 is 1.19 bits per heavy atom. The molecule has 1 aromatic carbocycles. The van der Waals surface area contributed by atoms with Gasteiger partial charge in [-0.1, -0.05) is 6.92 Å². The maximum atomic E-state index is 12.6. The van der Waals surface area contributed by atoms with Gasteiger partial charge in [0.05, 0.1) is 26.1 Å². The summed E-state index contributed by atoms with van der Waals surface area (Å²) in [6.07, 6.45) is 6.71. The number of nitrogens with one attached hydrogen (secondary N) is 1. The van der Waals surface area contributed by atoms with Crippen molar-refractivity contribution in [1.29, 1.82) is 0 Å². The number of amides is 1. The van der Waals surface area contributed by atoms with Crippen molar-refractivity contribution in [2.75, 3.05) is 31.0 Å². The predicted octanol–water partition coefficient (Wildman–Crippen LogP) is 4.12.